The van der Waals surface area contributed by atoms with Crippen LogP contribution in [0.25, 0.3) is 10.9 Å². The number of aromatic nitrogens is 1. The number of aliphatic imine (C=N–C) groups is 1. The lowest BCUT2D eigenvalue weighted by Gasteiger charge is -2.25. The summed E-state index contributed by atoms with van der Waals surface area (Å²) in [7, 11) is 0. The lowest BCUT2D eigenvalue weighted by molar-refractivity contribution is -0.142. The Morgan fingerprint density at radius 1 is 0.720 bits per heavy atom. The number of aliphatic carboxylic acids is 1. The number of para-hydroxylation sites is 1. The van der Waals surface area contributed by atoms with E-state index in [0.29, 0.717) is 16.7 Å². The van der Waals surface area contributed by atoms with E-state index in [2.05, 4.69) is 25.9 Å². The highest BCUT2D eigenvalue weighted by molar-refractivity contribution is 5.95. The van der Waals surface area contributed by atoms with Crippen molar-refractivity contribution in [3.05, 3.63) is 95.7 Å². The van der Waals surface area contributed by atoms with Crippen molar-refractivity contribution in [2.24, 2.45) is 22.2 Å². The average molecular weight is 687 g/mol. The van der Waals surface area contributed by atoms with Crippen molar-refractivity contribution in [3.63, 3.8) is 0 Å². The summed E-state index contributed by atoms with van der Waals surface area (Å²) in [4.78, 5) is 60.2. The summed E-state index contributed by atoms with van der Waals surface area (Å²) in [5.74, 6) is -3.46. The van der Waals surface area contributed by atoms with Crippen LogP contribution in [0.1, 0.15) is 29.5 Å². The van der Waals surface area contributed by atoms with Crippen LogP contribution < -0.4 is 33.2 Å². The molecule has 1 aromatic heterocycles. The predicted octanol–water partition coefficient (Wildman–Crippen LogP) is 0.527. The SMILES string of the molecule is NC(N)=NCCCC(NC(=O)C(N)Cc1ccc(O)cc1)C(=O)NC(Cc1c[nH]c2ccccc12)C(=O)NC(Cc1ccc(O)cc1)C(=O)O. The highest BCUT2D eigenvalue weighted by Gasteiger charge is 2.31. The first-order chi connectivity index (χ1) is 23.9. The van der Waals surface area contributed by atoms with Crippen molar-refractivity contribution in [2.45, 2.75) is 56.3 Å². The number of carbonyl (C=O) groups excluding carboxylic acids is 3. The van der Waals surface area contributed by atoms with Gasteiger partial charge in [-0.2, -0.15) is 0 Å². The average Bonchev–Trinajstić information content (AvgIpc) is 3.49. The number of H-pyrrole nitrogens is 1. The first-order valence-electron chi connectivity index (χ1n) is 15.9. The maximum Gasteiger partial charge on any atom is 0.326 e. The number of benzene rings is 3. The van der Waals surface area contributed by atoms with Gasteiger partial charge in [0.25, 0.3) is 0 Å². The lowest BCUT2D eigenvalue weighted by Crippen LogP contribution is -2.58. The molecule has 3 aromatic carbocycles. The number of nitrogens with one attached hydrogen (secondary N) is 4. The molecule has 4 aromatic rings. The van der Waals surface area contributed by atoms with Crippen LogP contribution >= 0.6 is 0 Å². The van der Waals surface area contributed by atoms with Gasteiger partial charge in [0.2, 0.25) is 17.7 Å². The van der Waals surface area contributed by atoms with Crippen LogP contribution in [0, 0.1) is 0 Å². The number of nitrogens with two attached hydrogens (primary N) is 3. The molecule has 4 atom stereocenters. The Hall–Kier alpha value is -6.09. The van der Waals surface area contributed by atoms with E-state index in [-0.39, 0.29) is 56.1 Å². The number of hydrogen-bond acceptors (Lipinski definition) is 8. The van der Waals surface area contributed by atoms with Crippen molar-refractivity contribution < 1.29 is 34.5 Å². The Morgan fingerprint density at radius 2 is 1.28 bits per heavy atom. The third kappa shape index (κ3) is 10.7. The van der Waals surface area contributed by atoms with Gasteiger partial charge in [-0.15, -0.1) is 0 Å². The number of rotatable bonds is 17. The zero-order valence-electron chi connectivity index (χ0n) is 27.2. The number of carboxylic acids is 1. The third-order valence-corrected chi connectivity index (χ3v) is 8.03. The fraction of sp³-hybridized carbons (Fsp3) is 0.286. The van der Waals surface area contributed by atoms with Gasteiger partial charge in [-0.25, -0.2) is 4.79 Å². The number of aromatic amines is 1. The van der Waals surface area contributed by atoms with E-state index in [1.165, 1.54) is 24.3 Å². The van der Waals surface area contributed by atoms with Gasteiger partial charge in [0.1, 0.15) is 29.6 Å². The minimum atomic E-state index is -1.36. The Kier molecular flexibility index (Phi) is 12.7. The summed E-state index contributed by atoms with van der Waals surface area (Å²) in [5, 5.41) is 37.9. The number of fused-ring (bicyclic) bond motifs is 1. The van der Waals surface area contributed by atoms with Crippen LogP contribution in [0.3, 0.4) is 0 Å². The minimum Gasteiger partial charge on any atom is -0.508 e. The van der Waals surface area contributed by atoms with E-state index in [4.69, 9.17) is 17.2 Å². The summed E-state index contributed by atoms with van der Waals surface area (Å²) in [6.07, 6.45) is 2.10. The molecular weight excluding hydrogens is 644 g/mol. The smallest absolute Gasteiger partial charge is 0.326 e. The summed E-state index contributed by atoms with van der Waals surface area (Å²) in [6.45, 7) is 0.165. The maximum atomic E-state index is 13.9. The predicted molar refractivity (Wildman–Crippen MR) is 187 cm³/mol. The fourth-order valence-corrected chi connectivity index (χ4v) is 5.37. The van der Waals surface area contributed by atoms with E-state index < -0.39 is 47.9 Å². The molecule has 1 heterocycles. The summed E-state index contributed by atoms with van der Waals surface area (Å²) in [5.41, 5.74) is 19.8. The minimum absolute atomic E-state index is 0.00687. The number of phenolic OH excluding ortho intramolecular Hbond substituents is 2. The molecule has 3 amide bonds. The molecule has 15 heteroatoms. The van der Waals surface area contributed by atoms with Crippen molar-refractivity contribution in [2.75, 3.05) is 6.54 Å². The Balaban J connectivity index is 1.56. The van der Waals surface area contributed by atoms with Crippen molar-refractivity contribution >= 4 is 40.6 Å². The number of carbonyl (C=O) groups is 4. The van der Waals surface area contributed by atoms with Gasteiger partial charge < -0.3 is 53.5 Å². The fourth-order valence-electron chi connectivity index (χ4n) is 5.37. The van der Waals surface area contributed by atoms with Crippen LogP contribution in [-0.4, -0.2) is 80.7 Å². The number of phenols is 2. The van der Waals surface area contributed by atoms with Crippen LogP contribution in [0.2, 0.25) is 0 Å². The zero-order valence-corrected chi connectivity index (χ0v) is 27.2. The van der Waals surface area contributed by atoms with Gasteiger partial charge in [-0.3, -0.25) is 19.4 Å². The van der Waals surface area contributed by atoms with Gasteiger partial charge in [-0.1, -0.05) is 42.5 Å². The van der Waals surface area contributed by atoms with E-state index in [1.807, 2.05) is 24.3 Å². The summed E-state index contributed by atoms with van der Waals surface area (Å²) in [6, 6.07) is 14.7. The molecule has 4 unspecified atom stereocenters. The first-order valence-corrected chi connectivity index (χ1v) is 15.9. The Morgan fingerprint density at radius 3 is 1.90 bits per heavy atom. The number of nitrogens with zero attached hydrogens (tertiary/aromatic N) is 1. The van der Waals surface area contributed by atoms with Crippen molar-refractivity contribution in [1.29, 1.82) is 0 Å². The monoisotopic (exact) mass is 686 g/mol. The largest absolute Gasteiger partial charge is 0.508 e. The molecule has 0 aliphatic carbocycles. The van der Waals surface area contributed by atoms with E-state index in [1.54, 1.807) is 30.5 Å². The summed E-state index contributed by atoms with van der Waals surface area (Å²) < 4.78 is 0. The standard InChI is InChI=1S/C35H42N8O7/c36-26(16-20-7-11-23(44)12-8-20)31(46)41-28(6-3-15-39-35(37)38)32(47)42-29(18-22-19-40-27-5-2-1-4-25(22)27)33(48)43-30(34(49)50)17-21-9-13-24(45)14-10-21/h1-2,4-5,7-14,19,26,28-30,40,44-45H,3,6,15-18,36H2,(H,41,46)(H,42,47)(H,43,48)(H,49,50)(H4,37,38,39). The first kappa shape index (κ1) is 36.7. The molecule has 13 N–H and O–H groups in total. The van der Waals surface area contributed by atoms with Gasteiger partial charge in [0.05, 0.1) is 6.04 Å². The number of amides is 3. The number of hydrogen-bond donors (Lipinski definition) is 10. The maximum absolute atomic E-state index is 13.9. The zero-order chi connectivity index (χ0) is 36.2. The van der Waals surface area contributed by atoms with Gasteiger partial charge in [0, 0.05) is 36.5 Å². The number of guanidine groups is 1. The third-order valence-electron chi connectivity index (χ3n) is 8.03. The molecule has 0 radical (unpaired) electrons. The second kappa shape index (κ2) is 17.3. The highest BCUT2D eigenvalue weighted by atomic mass is 16.4. The Labute approximate surface area is 288 Å². The molecule has 0 saturated carbocycles. The molecule has 0 bridgehead atoms. The molecule has 0 saturated heterocycles. The lowest BCUT2D eigenvalue weighted by atomic mass is 10.0. The van der Waals surface area contributed by atoms with E-state index in [0.717, 1.165) is 10.9 Å². The van der Waals surface area contributed by atoms with Crippen LogP contribution in [0.4, 0.5) is 0 Å². The normalized spacial score (nSPS) is 13.4. The van der Waals surface area contributed by atoms with Crippen LogP contribution in [0.5, 0.6) is 11.5 Å². The second-order valence-corrected chi connectivity index (χ2v) is 11.9. The molecule has 0 aliphatic heterocycles. The highest BCUT2D eigenvalue weighted by Crippen LogP contribution is 2.20. The Bertz CT molecular complexity index is 1800. The number of carboxylic acid groups (broad SMARTS) is 1. The number of aromatic hydroxyl groups is 2. The molecule has 15 nitrogen and oxygen atoms in total. The molecule has 4 rings (SSSR count). The van der Waals surface area contributed by atoms with Crippen LogP contribution in [-0.2, 0) is 38.4 Å². The molecule has 0 aliphatic rings. The van der Waals surface area contributed by atoms with Crippen molar-refractivity contribution in [3.8, 4) is 11.5 Å². The second-order valence-electron chi connectivity index (χ2n) is 11.9. The van der Waals surface area contributed by atoms with E-state index >= 15 is 0 Å². The quantitative estimate of drug-likeness (QED) is 0.0418. The molecule has 50 heavy (non-hydrogen) atoms. The molecule has 264 valence electrons. The van der Waals surface area contributed by atoms with Gasteiger partial charge in [-0.05, 0) is 66.3 Å². The van der Waals surface area contributed by atoms with Crippen molar-refractivity contribution in [1.82, 2.24) is 20.9 Å². The topological polar surface area (TPSA) is 271 Å². The van der Waals surface area contributed by atoms with Gasteiger partial charge in [0.15, 0.2) is 5.96 Å². The molecule has 0 fully saturated rings. The summed E-state index contributed by atoms with van der Waals surface area (Å²) >= 11 is 0. The van der Waals surface area contributed by atoms with Gasteiger partial charge >= 0.3 is 5.97 Å². The van der Waals surface area contributed by atoms with Crippen LogP contribution in [0.15, 0.2) is 84.0 Å². The van der Waals surface area contributed by atoms with E-state index in [9.17, 15) is 34.5 Å². The molecular formula is C35H42N8O7. The molecule has 0 spiro atoms.